The first kappa shape index (κ1) is 22.2. The molecule has 28 heavy (non-hydrogen) atoms. The topological polar surface area (TPSA) is 70.4 Å². The quantitative estimate of drug-likeness (QED) is 0.302. The van der Waals surface area contributed by atoms with Crippen molar-refractivity contribution in [1.82, 2.24) is 25.4 Å². The van der Waals surface area contributed by atoms with Crippen LogP contribution in [0.3, 0.4) is 0 Å². The minimum atomic E-state index is 0. The number of aliphatic imine (C=N–C) groups is 1. The van der Waals surface area contributed by atoms with Crippen LogP contribution in [0.2, 0.25) is 0 Å². The molecule has 0 spiro atoms. The van der Waals surface area contributed by atoms with Crippen LogP contribution in [0.25, 0.3) is 5.69 Å². The lowest BCUT2D eigenvalue weighted by Gasteiger charge is -2.18. The minimum Gasteiger partial charge on any atom is -0.354 e. The summed E-state index contributed by atoms with van der Waals surface area (Å²) in [6.07, 6.45) is 3.72. The maximum Gasteiger partial charge on any atom is 0.191 e. The van der Waals surface area contributed by atoms with E-state index < -0.39 is 0 Å². The molecule has 3 aromatic rings. The molecular weight excluding hydrogens is 485 g/mol. The Bertz CT molecular complexity index is 889. The summed E-state index contributed by atoms with van der Waals surface area (Å²) in [5, 5.41) is 14.1. The highest BCUT2D eigenvalue weighted by Gasteiger charge is 2.10. The van der Waals surface area contributed by atoms with Crippen LogP contribution in [0.1, 0.15) is 24.2 Å². The van der Waals surface area contributed by atoms with E-state index in [-0.39, 0.29) is 30.0 Å². The third-order valence-corrected chi connectivity index (χ3v) is 5.13. The molecule has 9 heteroatoms. The number of thiazole rings is 1. The first-order valence-electron chi connectivity index (χ1n) is 8.75. The minimum absolute atomic E-state index is 0. The molecule has 0 aliphatic carbocycles. The lowest BCUT2D eigenvalue weighted by Crippen LogP contribution is -2.38. The van der Waals surface area contributed by atoms with Gasteiger partial charge in [-0.25, -0.2) is 9.67 Å². The molecule has 0 aliphatic rings. The summed E-state index contributed by atoms with van der Waals surface area (Å²) in [5.41, 5.74) is 3.20. The summed E-state index contributed by atoms with van der Waals surface area (Å²) in [4.78, 5) is 10.9. The molecule has 0 amide bonds. The molecule has 7 nitrogen and oxygen atoms in total. The fourth-order valence-corrected chi connectivity index (χ4v) is 3.36. The molecule has 2 N–H and O–H groups in total. The Morgan fingerprint density at radius 3 is 2.79 bits per heavy atom. The SMILES string of the molecule is CN=C(NCc1csc(N(C)C)n1)NC(C)c1cccc(-n2cccn2)c1.I. The molecule has 3 rings (SSSR count). The van der Waals surface area contributed by atoms with Crippen molar-refractivity contribution >= 4 is 46.4 Å². The molecule has 1 aromatic carbocycles. The lowest BCUT2D eigenvalue weighted by molar-refractivity contribution is 0.682. The van der Waals surface area contributed by atoms with Gasteiger partial charge in [0.25, 0.3) is 0 Å². The Hall–Kier alpha value is -2.14. The van der Waals surface area contributed by atoms with Gasteiger partial charge in [0.05, 0.1) is 24.0 Å². The average Bonchev–Trinajstić information content (AvgIpc) is 3.37. The predicted octanol–water partition coefficient (Wildman–Crippen LogP) is 3.44. The second-order valence-corrected chi connectivity index (χ2v) is 7.19. The standard InChI is InChI=1S/C19H25N7S.HI/c1-14(15-7-5-8-17(11-15)26-10-6-9-22-26)23-18(20-2)21-12-16-13-27-19(24-16)25(3)4;/h5-11,13-14H,12H2,1-4H3,(H2,20,21,23);1H. The second kappa shape index (κ2) is 10.4. The Morgan fingerprint density at radius 1 is 1.32 bits per heavy atom. The molecule has 0 aliphatic heterocycles. The second-order valence-electron chi connectivity index (χ2n) is 6.35. The highest BCUT2D eigenvalue weighted by atomic mass is 127. The van der Waals surface area contributed by atoms with Crippen molar-refractivity contribution in [3.05, 3.63) is 59.4 Å². The van der Waals surface area contributed by atoms with Crippen molar-refractivity contribution < 1.29 is 0 Å². The molecule has 0 fully saturated rings. The van der Waals surface area contributed by atoms with Gasteiger partial charge in [-0.2, -0.15) is 5.10 Å². The summed E-state index contributed by atoms with van der Waals surface area (Å²) in [5.74, 6) is 0.742. The first-order chi connectivity index (χ1) is 13.1. The maximum absolute atomic E-state index is 4.58. The van der Waals surface area contributed by atoms with Crippen molar-refractivity contribution in [3.8, 4) is 5.69 Å². The summed E-state index contributed by atoms with van der Waals surface area (Å²) in [6, 6.07) is 10.3. The van der Waals surface area contributed by atoms with E-state index in [0.717, 1.165) is 28.0 Å². The maximum atomic E-state index is 4.58. The fourth-order valence-electron chi connectivity index (χ4n) is 2.60. The highest BCUT2D eigenvalue weighted by Crippen LogP contribution is 2.18. The van der Waals surface area contributed by atoms with E-state index >= 15 is 0 Å². The molecule has 2 aromatic heterocycles. The van der Waals surface area contributed by atoms with Crippen molar-refractivity contribution in [3.63, 3.8) is 0 Å². The number of halogens is 1. The van der Waals surface area contributed by atoms with Crippen molar-refractivity contribution in [2.24, 2.45) is 4.99 Å². The van der Waals surface area contributed by atoms with Gasteiger partial charge < -0.3 is 15.5 Å². The van der Waals surface area contributed by atoms with Crippen LogP contribution < -0.4 is 15.5 Å². The van der Waals surface area contributed by atoms with Crippen LogP contribution in [0, 0.1) is 0 Å². The van der Waals surface area contributed by atoms with Gasteiger partial charge in [-0.3, -0.25) is 4.99 Å². The number of guanidine groups is 1. The van der Waals surface area contributed by atoms with Crippen LogP contribution in [0.4, 0.5) is 5.13 Å². The largest absolute Gasteiger partial charge is 0.354 e. The monoisotopic (exact) mass is 511 g/mol. The fraction of sp³-hybridized carbons (Fsp3) is 0.316. The van der Waals surface area contributed by atoms with Gasteiger partial charge >= 0.3 is 0 Å². The number of benzene rings is 1. The zero-order valence-corrected chi connectivity index (χ0v) is 19.6. The summed E-state index contributed by atoms with van der Waals surface area (Å²) < 4.78 is 1.86. The van der Waals surface area contributed by atoms with Crippen molar-refractivity contribution in [2.45, 2.75) is 19.5 Å². The zero-order valence-electron chi connectivity index (χ0n) is 16.5. The van der Waals surface area contributed by atoms with E-state index in [1.54, 1.807) is 24.6 Å². The Labute approximate surface area is 186 Å². The third-order valence-electron chi connectivity index (χ3n) is 4.08. The number of aromatic nitrogens is 3. The van der Waals surface area contributed by atoms with Gasteiger partial charge in [-0.15, -0.1) is 35.3 Å². The summed E-state index contributed by atoms with van der Waals surface area (Å²) in [7, 11) is 5.76. The molecule has 1 unspecified atom stereocenters. The van der Waals surface area contributed by atoms with E-state index in [1.807, 2.05) is 48.1 Å². The van der Waals surface area contributed by atoms with E-state index in [0.29, 0.717) is 6.54 Å². The van der Waals surface area contributed by atoms with E-state index in [2.05, 4.69) is 50.1 Å². The molecule has 2 heterocycles. The average molecular weight is 511 g/mol. The van der Waals surface area contributed by atoms with Crippen LogP contribution in [-0.2, 0) is 6.54 Å². The van der Waals surface area contributed by atoms with E-state index in [4.69, 9.17) is 0 Å². The van der Waals surface area contributed by atoms with Crippen molar-refractivity contribution in [1.29, 1.82) is 0 Å². The number of nitrogens with zero attached hydrogens (tertiary/aromatic N) is 5. The lowest BCUT2D eigenvalue weighted by atomic mass is 10.1. The van der Waals surface area contributed by atoms with Gasteiger partial charge in [0.15, 0.2) is 11.1 Å². The van der Waals surface area contributed by atoms with Crippen LogP contribution in [0.15, 0.2) is 53.1 Å². The Morgan fingerprint density at radius 2 is 2.14 bits per heavy atom. The Kier molecular flexibility index (Phi) is 8.24. The van der Waals surface area contributed by atoms with E-state index in [9.17, 15) is 0 Å². The van der Waals surface area contributed by atoms with Gasteiger partial charge in [-0.05, 0) is 30.7 Å². The number of hydrogen-bond acceptors (Lipinski definition) is 5. The van der Waals surface area contributed by atoms with Crippen LogP contribution in [0.5, 0.6) is 0 Å². The number of hydrogen-bond donors (Lipinski definition) is 2. The third kappa shape index (κ3) is 5.68. The van der Waals surface area contributed by atoms with Crippen LogP contribution in [-0.4, -0.2) is 41.9 Å². The van der Waals surface area contributed by atoms with Crippen molar-refractivity contribution in [2.75, 3.05) is 26.0 Å². The molecule has 0 saturated carbocycles. The molecule has 0 radical (unpaired) electrons. The smallest absolute Gasteiger partial charge is 0.191 e. The van der Waals surface area contributed by atoms with Gasteiger partial charge in [0.2, 0.25) is 0 Å². The van der Waals surface area contributed by atoms with Gasteiger partial charge in [0.1, 0.15) is 0 Å². The molecular formula is C19H26IN7S. The molecule has 0 saturated heterocycles. The highest BCUT2D eigenvalue weighted by molar-refractivity contribution is 14.0. The van der Waals surface area contributed by atoms with Gasteiger partial charge in [-0.1, -0.05) is 12.1 Å². The Balaban J connectivity index is 0.00000280. The molecule has 0 bridgehead atoms. The number of nitrogens with one attached hydrogen (secondary N) is 2. The van der Waals surface area contributed by atoms with Crippen LogP contribution >= 0.6 is 35.3 Å². The molecule has 1 atom stereocenters. The summed E-state index contributed by atoms with van der Waals surface area (Å²) in [6.45, 7) is 2.74. The summed E-state index contributed by atoms with van der Waals surface area (Å²) >= 11 is 1.63. The first-order valence-corrected chi connectivity index (χ1v) is 9.63. The molecule has 150 valence electrons. The van der Waals surface area contributed by atoms with Gasteiger partial charge in [0, 0.05) is 38.9 Å². The van der Waals surface area contributed by atoms with E-state index in [1.165, 1.54) is 0 Å². The number of anilines is 1. The predicted molar refractivity (Wildman–Crippen MR) is 127 cm³/mol. The zero-order chi connectivity index (χ0) is 19.2. The number of rotatable bonds is 6. The normalized spacial score (nSPS) is 12.2.